The molecule has 0 unspecified atom stereocenters. The molecule has 1 atom stereocenters. The van der Waals surface area contributed by atoms with E-state index in [9.17, 15) is 27.6 Å². The van der Waals surface area contributed by atoms with Crippen molar-refractivity contribution in [3.63, 3.8) is 0 Å². The van der Waals surface area contributed by atoms with Crippen LogP contribution < -0.4 is 5.73 Å². The van der Waals surface area contributed by atoms with E-state index in [2.05, 4.69) is 16.3 Å². The second kappa shape index (κ2) is 10.6. The lowest BCUT2D eigenvalue weighted by molar-refractivity contribution is -0.137. The second-order valence-corrected chi connectivity index (χ2v) is 10.4. The van der Waals surface area contributed by atoms with E-state index in [-0.39, 0.29) is 41.3 Å². The molecule has 0 saturated carbocycles. The average Bonchev–Trinajstić information content (AvgIpc) is 3.33. The normalized spacial score (nSPS) is 16.6. The number of hydrogen-bond donors (Lipinski definition) is 1. The summed E-state index contributed by atoms with van der Waals surface area (Å²) in [6, 6.07) is 4.10. The summed E-state index contributed by atoms with van der Waals surface area (Å²) in [5, 5.41) is 18.5. The third-order valence-corrected chi connectivity index (χ3v) is 6.37. The summed E-state index contributed by atoms with van der Waals surface area (Å²) in [7, 11) is 0. The van der Waals surface area contributed by atoms with Gasteiger partial charge in [-0.25, -0.2) is 13.9 Å². The smallest absolute Gasteiger partial charge is 0.416 e. The predicted octanol–water partition coefficient (Wildman–Crippen LogP) is 5.37. The number of aromatic nitrogens is 4. The van der Waals surface area contributed by atoms with E-state index in [1.165, 1.54) is 17.1 Å². The highest BCUT2D eigenvalue weighted by molar-refractivity contribution is 5.72. The summed E-state index contributed by atoms with van der Waals surface area (Å²) in [5.74, 6) is -0.625. The molecule has 4 rings (SSSR count). The van der Waals surface area contributed by atoms with E-state index in [4.69, 9.17) is 10.5 Å². The summed E-state index contributed by atoms with van der Waals surface area (Å²) in [6.07, 6.45) is -0.223. The number of likely N-dealkylation sites (tertiary alicyclic amines) is 1. The molecule has 13 heteroatoms. The summed E-state index contributed by atoms with van der Waals surface area (Å²) in [6.45, 7) is 6.11. The predicted molar refractivity (Wildman–Crippen MR) is 134 cm³/mol. The van der Waals surface area contributed by atoms with Gasteiger partial charge in [-0.1, -0.05) is 0 Å². The molecule has 2 N–H and O–H groups in total. The number of nitrogens with two attached hydrogens (primary N) is 1. The van der Waals surface area contributed by atoms with Crippen LogP contribution >= 0.6 is 0 Å². The molecule has 3 heterocycles. The minimum Gasteiger partial charge on any atom is -0.444 e. The molecule has 1 amide bonds. The first-order valence-electron chi connectivity index (χ1n) is 12.4. The van der Waals surface area contributed by atoms with E-state index in [1.54, 1.807) is 30.4 Å². The maximum absolute atomic E-state index is 14.2. The highest BCUT2D eigenvalue weighted by Crippen LogP contribution is 2.33. The lowest BCUT2D eigenvalue weighted by atomic mass is 10.1. The molecule has 39 heavy (non-hydrogen) atoms. The van der Waals surface area contributed by atoms with Gasteiger partial charge in [0.1, 0.15) is 34.6 Å². The van der Waals surface area contributed by atoms with Crippen LogP contribution in [0.3, 0.4) is 0 Å². The molecule has 1 saturated heterocycles. The van der Waals surface area contributed by atoms with Crippen LogP contribution in [0.15, 0.2) is 30.6 Å². The van der Waals surface area contributed by atoms with Crippen molar-refractivity contribution in [1.29, 1.82) is 5.26 Å². The van der Waals surface area contributed by atoms with Crippen molar-refractivity contribution in [3.8, 4) is 17.3 Å². The molecule has 0 aliphatic carbocycles. The maximum atomic E-state index is 14.2. The van der Waals surface area contributed by atoms with Crippen LogP contribution in [0, 0.1) is 17.1 Å². The Morgan fingerprint density at radius 3 is 2.64 bits per heavy atom. The maximum Gasteiger partial charge on any atom is 0.416 e. The minimum atomic E-state index is -4.61. The molecular formula is C26H29F4N7O2. The number of alkyl halides is 3. The van der Waals surface area contributed by atoms with Gasteiger partial charge in [0, 0.05) is 30.4 Å². The number of hydrogen-bond acceptors (Lipinski definition) is 6. The van der Waals surface area contributed by atoms with Crippen LogP contribution in [0.1, 0.15) is 62.8 Å². The number of anilines is 1. The zero-order valence-electron chi connectivity index (χ0n) is 21.8. The van der Waals surface area contributed by atoms with Gasteiger partial charge in [0.2, 0.25) is 0 Å². The van der Waals surface area contributed by atoms with Crippen LogP contribution in [0.2, 0.25) is 0 Å². The molecule has 1 aliphatic rings. The molecular weight excluding hydrogens is 518 g/mol. The van der Waals surface area contributed by atoms with Crippen molar-refractivity contribution in [2.45, 2.75) is 64.4 Å². The fourth-order valence-electron chi connectivity index (χ4n) is 4.49. The van der Waals surface area contributed by atoms with Gasteiger partial charge < -0.3 is 15.4 Å². The van der Waals surface area contributed by atoms with E-state index in [0.29, 0.717) is 44.0 Å². The molecule has 1 aliphatic heterocycles. The van der Waals surface area contributed by atoms with Crippen LogP contribution in [0.5, 0.6) is 0 Å². The summed E-state index contributed by atoms with van der Waals surface area (Å²) in [4.78, 5) is 14.2. The molecule has 0 bridgehead atoms. The first kappa shape index (κ1) is 27.9. The van der Waals surface area contributed by atoms with Gasteiger partial charge >= 0.3 is 12.3 Å². The third-order valence-electron chi connectivity index (χ3n) is 6.37. The zero-order chi connectivity index (χ0) is 28.5. The van der Waals surface area contributed by atoms with Gasteiger partial charge in [-0.15, -0.1) is 0 Å². The standard InChI is InChI=1S/C26H29F4N7O2/c1-25(2,3)39-24(38)35-9-4-5-19(8-10-35)37-23(32)20(12-31)22(34-37)17-13-33-36(15-17)14-16-11-18(26(28,29)30)6-7-21(16)27/h6-7,11,13,15,19H,4-5,8-10,14,32H2,1-3H3/t19-/m0/s1. The summed E-state index contributed by atoms with van der Waals surface area (Å²) in [5.41, 5.74) is 5.36. The number of nitrogen functional groups attached to an aromatic ring is 1. The molecule has 3 aromatic rings. The molecule has 9 nitrogen and oxygen atoms in total. The van der Waals surface area contributed by atoms with Crippen LogP contribution in [0.25, 0.3) is 11.3 Å². The number of halogens is 4. The number of ether oxygens (including phenoxy) is 1. The molecule has 1 aromatic carbocycles. The van der Waals surface area contributed by atoms with Crippen LogP contribution in [-0.2, 0) is 17.5 Å². The fourth-order valence-corrected chi connectivity index (χ4v) is 4.49. The van der Waals surface area contributed by atoms with Gasteiger partial charge in [-0.2, -0.15) is 28.6 Å². The van der Waals surface area contributed by atoms with Crippen molar-refractivity contribution < 1.29 is 27.1 Å². The van der Waals surface area contributed by atoms with Crippen molar-refractivity contribution >= 4 is 11.9 Å². The highest BCUT2D eigenvalue weighted by Gasteiger charge is 2.31. The number of amides is 1. The van der Waals surface area contributed by atoms with Crippen molar-refractivity contribution in [2.75, 3.05) is 18.8 Å². The Bertz CT molecular complexity index is 1400. The van der Waals surface area contributed by atoms with Gasteiger partial charge in [0.05, 0.1) is 24.3 Å². The number of rotatable bonds is 4. The third kappa shape index (κ3) is 6.32. The molecule has 2 aromatic heterocycles. The van der Waals surface area contributed by atoms with Crippen molar-refractivity contribution in [1.82, 2.24) is 24.5 Å². The van der Waals surface area contributed by atoms with Crippen molar-refractivity contribution in [2.24, 2.45) is 0 Å². The number of carbonyl (C=O) groups is 1. The van der Waals surface area contributed by atoms with Crippen LogP contribution in [-0.4, -0.2) is 49.2 Å². The van der Waals surface area contributed by atoms with Gasteiger partial charge in [-0.05, 0) is 58.2 Å². The van der Waals surface area contributed by atoms with Gasteiger partial charge in [-0.3, -0.25) is 4.68 Å². The van der Waals surface area contributed by atoms with Crippen LogP contribution in [0.4, 0.5) is 28.2 Å². The Morgan fingerprint density at radius 1 is 1.23 bits per heavy atom. The van der Waals surface area contributed by atoms with E-state index in [0.717, 1.165) is 12.1 Å². The van der Waals surface area contributed by atoms with E-state index >= 15 is 0 Å². The topological polar surface area (TPSA) is 115 Å². The summed E-state index contributed by atoms with van der Waals surface area (Å²) < 4.78 is 61.8. The number of carbonyl (C=O) groups excluding carboxylic acids is 1. The second-order valence-electron chi connectivity index (χ2n) is 10.4. The largest absolute Gasteiger partial charge is 0.444 e. The van der Waals surface area contributed by atoms with Gasteiger partial charge in [0.15, 0.2) is 0 Å². The number of nitrogens with zero attached hydrogens (tertiary/aromatic N) is 6. The lowest BCUT2D eigenvalue weighted by Crippen LogP contribution is -2.37. The first-order valence-corrected chi connectivity index (χ1v) is 12.4. The van der Waals surface area contributed by atoms with Gasteiger partial charge in [0.25, 0.3) is 0 Å². The van der Waals surface area contributed by atoms with E-state index < -0.39 is 23.2 Å². The summed E-state index contributed by atoms with van der Waals surface area (Å²) >= 11 is 0. The molecule has 0 spiro atoms. The average molecular weight is 548 g/mol. The molecule has 208 valence electrons. The lowest BCUT2D eigenvalue weighted by Gasteiger charge is -2.26. The molecule has 1 fully saturated rings. The van der Waals surface area contributed by atoms with E-state index in [1.807, 2.05) is 0 Å². The number of nitriles is 1. The monoisotopic (exact) mass is 547 g/mol. The Kier molecular flexibility index (Phi) is 7.59. The SMILES string of the molecule is CC(C)(C)OC(=O)N1CCC[C@H](n2nc(-c3cnn(Cc4cc(C(F)(F)F)ccc4F)c3)c(C#N)c2N)CC1. The Labute approximate surface area is 222 Å². The first-order chi connectivity index (χ1) is 18.3. The fraction of sp³-hybridized carbons (Fsp3) is 0.462. The highest BCUT2D eigenvalue weighted by atomic mass is 19.4. The zero-order valence-corrected chi connectivity index (χ0v) is 21.8. The Balaban J connectivity index is 1.54. The Hall–Kier alpha value is -4.08. The number of benzene rings is 1. The Morgan fingerprint density at radius 2 is 1.97 bits per heavy atom. The van der Waals surface area contributed by atoms with Crippen molar-refractivity contribution in [3.05, 3.63) is 53.1 Å². The molecule has 0 radical (unpaired) electrons. The quantitative estimate of drug-likeness (QED) is 0.439. The minimum absolute atomic E-state index is 0.132.